The van der Waals surface area contributed by atoms with Crippen molar-refractivity contribution in [2.24, 2.45) is 5.92 Å². The number of likely N-dealkylation sites (N-methyl/N-ethyl adjacent to an activating group) is 1. The number of carbonyl (C=O) groups is 1. The van der Waals surface area contributed by atoms with Crippen LogP contribution >= 0.6 is 0 Å². The van der Waals surface area contributed by atoms with Crippen LogP contribution in [0, 0.1) is 5.92 Å². The minimum absolute atomic E-state index is 0.130. The number of hydrogen-bond donors (Lipinski definition) is 0. The Morgan fingerprint density at radius 1 is 1.31 bits per heavy atom. The summed E-state index contributed by atoms with van der Waals surface area (Å²) in [6, 6.07) is 0. The van der Waals surface area contributed by atoms with E-state index in [4.69, 9.17) is 4.74 Å². The number of morpholine rings is 1. The van der Waals surface area contributed by atoms with Crippen LogP contribution < -0.4 is 0 Å². The van der Waals surface area contributed by atoms with E-state index >= 15 is 0 Å². The molecular formula is C12H26N2O2. The Labute approximate surface area is 99.5 Å². The minimum atomic E-state index is 0.130. The fourth-order valence-corrected chi connectivity index (χ4v) is 1.43. The molecule has 1 saturated heterocycles. The van der Waals surface area contributed by atoms with E-state index in [0.29, 0.717) is 0 Å². The van der Waals surface area contributed by atoms with Crippen LogP contribution in [-0.2, 0) is 9.53 Å². The van der Waals surface area contributed by atoms with E-state index in [0.717, 1.165) is 26.3 Å². The van der Waals surface area contributed by atoms with E-state index in [-0.39, 0.29) is 11.8 Å². The van der Waals surface area contributed by atoms with Gasteiger partial charge in [-0.1, -0.05) is 20.8 Å². The second-order valence-electron chi connectivity index (χ2n) is 4.43. The van der Waals surface area contributed by atoms with Gasteiger partial charge in [-0.05, 0) is 6.54 Å². The average molecular weight is 230 g/mol. The van der Waals surface area contributed by atoms with Crippen molar-refractivity contribution >= 4 is 5.91 Å². The van der Waals surface area contributed by atoms with Gasteiger partial charge in [0.1, 0.15) is 0 Å². The number of nitrogens with zero attached hydrogens (tertiary/aromatic N) is 2. The Hall–Kier alpha value is -0.610. The Kier molecular flexibility index (Phi) is 8.21. The largest absolute Gasteiger partial charge is 0.379 e. The summed E-state index contributed by atoms with van der Waals surface area (Å²) < 4.78 is 5.16. The molecule has 0 radical (unpaired) electrons. The molecule has 1 amide bonds. The molecule has 1 fully saturated rings. The third-order valence-corrected chi connectivity index (χ3v) is 2.49. The van der Waals surface area contributed by atoms with Gasteiger partial charge in [-0.3, -0.25) is 9.69 Å². The molecule has 0 bridgehead atoms. The number of ether oxygens (including phenoxy) is 1. The molecule has 96 valence electrons. The minimum Gasteiger partial charge on any atom is -0.379 e. The summed E-state index contributed by atoms with van der Waals surface area (Å²) in [6.45, 7) is 11.2. The van der Waals surface area contributed by atoms with Crippen molar-refractivity contribution in [3.8, 4) is 0 Å². The van der Waals surface area contributed by atoms with Crippen LogP contribution in [0.1, 0.15) is 20.8 Å². The second kappa shape index (κ2) is 8.53. The molecule has 4 heteroatoms. The zero-order valence-electron chi connectivity index (χ0n) is 11.3. The topological polar surface area (TPSA) is 32.8 Å². The van der Waals surface area contributed by atoms with E-state index < -0.39 is 0 Å². The molecule has 0 aromatic rings. The lowest BCUT2D eigenvalue weighted by molar-refractivity contribution is -0.131. The maximum Gasteiger partial charge on any atom is 0.224 e. The van der Waals surface area contributed by atoms with Crippen molar-refractivity contribution in [3.63, 3.8) is 0 Å². The van der Waals surface area contributed by atoms with Crippen LogP contribution in [0.3, 0.4) is 0 Å². The average Bonchev–Trinajstić information content (AvgIpc) is 2.29. The molecule has 0 aromatic heterocycles. The summed E-state index contributed by atoms with van der Waals surface area (Å²) in [7, 11) is 3.53. The van der Waals surface area contributed by atoms with Crippen LogP contribution in [0.5, 0.6) is 0 Å². The molecule has 0 saturated carbocycles. The van der Waals surface area contributed by atoms with Gasteiger partial charge in [-0.2, -0.15) is 0 Å². The van der Waals surface area contributed by atoms with Gasteiger partial charge in [-0.25, -0.2) is 0 Å². The molecule has 0 aliphatic carbocycles. The standard InChI is InChI=1S/2C6H13NO/c1-2-7-3-5-8-6-4-7;1-5(2)6(8)7(3)4/h2-6H2,1H3;5H,1-4H3. The lowest BCUT2D eigenvalue weighted by Gasteiger charge is -2.24. The van der Waals surface area contributed by atoms with E-state index in [1.54, 1.807) is 19.0 Å². The molecule has 0 N–H and O–H groups in total. The van der Waals surface area contributed by atoms with Gasteiger partial charge in [0.05, 0.1) is 13.2 Å². The molecule has 16 heavy (non-hydrogen) atoms. The van der Waals surface area contributed by atoms with Crippen molar-refractivity contribution in [1.29, 1.82) is 0 Å². The normalized spacial score (nSPS) is 16.6. The fourth-order valence-electron chi connectivity index (χ4n) is 1.43. The van der Waals surface area contributed by atoms with Crippen LogP contribution in [0.15, 0.2) is 0 Å². The summed E-state index contributed by atoms with van der Waals surface area (Å²) in [5.41, 5.74) is 0. The molecule has 0 unspecified atom stereocenters. The van der Waals surface area contributed by atoms with Crippen molar-refractivity contribution < 1.29 is 9.53 Å². The summed E-state index contributed by atoms with van der Waals surface area (Å²) >= 11 is 0. The van der Waals surface area contributed by atoms with Gasteiger partial charge in [0, 0.05) is 33.1 Å². The van der Waals surface area contributed by atoms with Crippen molar-refractivity contribution in [2.45, 2.75) is 20.8 Å². The van der Waals surface area contributed by atoms with Gasteiger partial charge in [0.2, 0.25) is 5.91 Å². The predicted octanol–water partition coefficient (Wildman–Crippen LogP) is 1.07. The molecule has 0 spiro atoms. The van der Waals surface area contributed by atoms with Crippen molar-refractivity contribution in [3.05, 3.63) is 0 Å². The first-order chi connectivity index (χ1) is 7.49. The van der Waals surface area contributed by atoms with Crippen LogP contribution in [0.25, 0.3) is 0 Å². The van der Waals surface area contributed by atoms with E-state index in [1.165, 1.54) is 6.54 Å². The third kappa shape index (κ3) is 6.80. The first-order valence-corrected chi connectivity index (χ1v) is 6.00. The Morgan fingerprint density at radius 3 is 2.00 bits per heavy atom. The Morgan fingerprint density at radius 2 is 1.81 bits per heavy atom. The van der Waals surface area contributed by atoms with Crippen molar-refractivity contribution in [1.82, 2.24) is 9.80 Å². The molecule has 4 nitrogen and oxygen atoms in total. The molecule has 0 atom stereocenters. The van der Waals surface area contributed by atoms with E-state index in [9.17, 15) is 4.79 Å². The summed E-state index contributed by atoms with van der Waals surface area (Å²) in [5, 5.41) is 0. The van der Waals surface area contributed by atoms with E-state index in [2.05, 4.69) is 11.8 Å². The summed E-state index contributed by atoms with van der Waals surface area (Å²) in [6.07, 6.45) is 0. The molecule has 1 rings (SSSR count). The third-order valence-electron chi connectivity index (χ3n) is 2.49. The van der Waals surface area contributed by atoms with Gasteiger partial charge in [0.25, 0.3) is 0 Å². The first kappa shape index (κ1) is 15.4. The smallest absolute Gasteiger partial charge is 0.224 e. The highest BCUT2D eigenvalue weighted by molar-refractivity contribution is 5.77. The van der Waals surface area contributed by atoms with Crippen molar-refractivity contribution in [2.75, 3.05) is 46.9 Å². The first-order valence-electron chi connectivity index (χ1n) is 6.00. The van der Waals surface area contributed by atoms with Crippen LogP contribution in [0.4, 0.5) is 0 Å². The highest BCUT2D eigenvalue weighted by Gasteiger charge is 2.07. The maximum atomic E-state index is 10.8. The fraction of sp³-hybridized carbons (Fsp3) is 0.917. The summed E-state index contributed by atoms with van der Waals surface area (Å²) in [4.78, 5) is 14.8. The van der Waals surface area contributed by atoms with E-state index in [1.807, 2.05) is 13.8 Å². The Bertz CT molecular complexity index is 177. The van der Waals surface area contributed by atoms with Gasteiger partial charge in [0.15, 0.2) is 0 Å². The lowest BCUT2D eigenvalue weighted by atomic mass is 10.2. The quantitative estimate of drug-likeness (QED) is 0.711. The zero-order chi connectivity index (χ0) is 12.6. The number of carbonyl (C=O) groups excluding carboxylic acids is 1. The molecule has 1 heterocycles. The highest BCUT2D eigenvalue weighted by Crippen LogP contribution is 1.94. The number of rotatable bonds is 2. The SMILES string of the molecule is CC(C)C(=O)N(C)C.CCN1CCOCC1. The lowest BCUT2D eigenvalue weighted by Crippen LogP contribution is -2.35. The monoisotopic (exact) mass is 230 g/mol. The van der Waals surface area contributed by atoms with Crippen LogP contribution in [0.2, 0.25) is 0 Å². The highest BCUT2D eigenvalue weighted by atomic mass is 16.5. The Balaban J connectivity index is 0.000000281. The molecule has 0 aromatic carbocycles. The number of hydrogen-bond acceptors (Lipinski definition) is 3. The molecule has 1 aliphatic heterocycles. The van der Waals surface area contributed by atoms with Gasteiger partial charge < -0.3 is 9.64 Å². The maximum absolute atomic E-state index is 10.8. The summed E-state index contributed by atoms with van der Waals surface area (Å²) in [5.74, 6) is 0.315. The van der Waals surface area contributed by atoms with Gasteiger partial charge >= 0.3 is 0 Å². The second-order valence-corrected chi connectivity index (χ2v) is 4.43. The number of amides is 1. The molecular weight excluding hydrogens is 204 g/mol. The zero-order valence-corrected chi connectivity index (χ0v) is 11.3. The van der Waals surface area contributed by atoms with Gasteiger partial charge in [-0.15, -0.1) is 0 Å². The molecule has 1 aliphatic rings. The van der Waals surface area contributed by atoms with Crippen LogP contribution in [-0.4, -0.2) is 62.7 Å². The predicted molar refractivity (Wildman–Crippen MR) is 66.5 cm³/mol.